The molecule has 0 aliphatic carbocycles. The number of primary amides is 1. The van der Waals surface area contributed by atoms with Crippen LogP contribution in [0, 0.1) is 0 Å². The summed E-state index contributed by atoms with van der Waals surface area (Å²) in [5.41, 5.74) is 11.2. The number of hydrogen-bond acceptors (Lipinski definition) is 4. The molecule has 0 saturated heterocycles. The van der Waals surface area contributed by atoms with Crippen molar-refractivity contribution in [3.05, 3.63) is 24.3 Å². The number of nitrogens with two attached hydrogens (primary N) is 2. The van der Waals surface area contributed by atoms with E-state index in [-0.39, 0.29) is 31.3 Å². The lowest BCUT2D eigenvalue weighted by Gasteiger charge is -2.14. The first-order valence-electron chi connectivity index (χ1n) is 6.11. The molecule has 1 atom stereocenters. The Morgan fingerprint density at radius 3 is 2.60 bits per heavy atom. The summed E-state index contributed by atoms with van der Waals surface area (Å²) in [6, 6.07) is 6.40. The number of anilines is 1. The third-order valence-corrected chi connectivity index (χ3v) is 2.53. The molecule has 6 nitrogen and oxygen atoms in total. The van der Waals surface area contributed by atoms with Gasteiger partial charge in [0.05, 0.1) is 24.8 Å². The monoisotopic (exact) mass is 301 g/mol. The first kappa shape index (κ1) is 18.2. The normalized spacial score (nSPS) is 11.1. The van der Waals surface area contributed by atoms with Crippen molar-refractivity contribution in [2.45, 2.75) is 25.8 Å². The maximum Gasteiger partial charge on any atom is 0.241 e. The third-order valence-electron chi connectivity index (χ3n) is 2.53. The summed E-state index contributed by atoms with van der Waals surface area (Å²) < 4.78 is 5.41. The van der Waals surface area contributed by atoms with Gasteiger partial charge in [-0.1, -0.05) is 19.1 Å². The Morgan fingerprint density at radius 1 is 1.35 bits per heavy atom. The standard InChI is InChI=1S/C13H19N3O3.ClH/c1-2-9(14)13(18)16-10-5-3-4-6-11(10)19-8-7-12(15)17;/h3-6,9H,2,7-8,14H2,1H3,(H2,15,17)(H,16,18);1H/t9-;/m0./s1. The summed E-state index contributed by atoms with van der Waals surface area (Å²) >= 11 is 0. The van der Waals surface area contributed by atoms with Crippen LogP contribution in [0.15, 0.2) is 24.3 Å². The van der Waals surface area contributed by atoms with Crippen LogP contribution in [-0.2, 0) is 9.59 Å². The van der Waals surface area contributed by atoms with Gasteiger partial charge in [0.25, 0.3) is 0 Å². The Labute approximate surface area is 124 Å². The Balaban J connectivity index is 0.00000361. The predicted molar refractivity (Wildman–Crippen MR) is 79.9 cm³/mol. The molecule has 1 aromatic rings. The van der Waals surface area contributed by atoms with Crippen molar-refractivity contribution in [2.24, 2.45) is 11.5 Å². The molecule has 5 N–H and O–H groups in total. The highest BCUT2D eigenvalue weighted by atomic mass is 35.5. The highest BCUT2D eigenvalue weighted by Crippen LogP contribution is 2.24. The van der Waals surface area contributed by atoms with Crippen LogP contribution in [0.2, 0.25) is 0 Å². The summed E-state index contributed by atoms with van der Waals surface area (Å²) in [7, 11) is 0. The second-order valence-corrected chi connectivity index (χ2v) is 4.06. The number of amides is 2. The molecule has 0 aliphatic rings. The van der Waals surface area contributed by atoms with E-state index in [4.69, 9.17) is 16.2 Å². The predicted octanol–water partition coefficient (Wildman–Crippen LogP) is 1.04. The zero-order valence-electron chi connectivity index (χ0n) is 11.3. The van der Waals surface area contributed by atoms with Gasteiger partial charge in [-0.3, -0.25) is 9.59 Å². The smallest absolute Gasteiger partial charge is 0.241 e. The van der Waals surface area contributed by atoms with E-state index in [0.29, 0.717) is 17.9 Å². The molecule has 0 heterocycles. The van der Waals surface area contributed by atoms with E-state index in [2.05, 4.69) is 5.32 Å². The van der Waals surface area contributed by atoms with E-state index >= 15 is 0 Å². The lowest BCUT2D eigenvalue weighted by atomic mass is 10.2. The number of para-hydroxylation sites is 2. The van der Waals surface area contributed by atoms with Crippen LogP contribution in [0.5, 0.6) is 5.75 Å². The Bertz CT molecular complexity index is 454. The molecule has 1 rings (SSSR count). The Hall–Kier alpha value is -1.79. The number of carbonyl (C=O) groups excluding carboxylic acids is 2. The van der Waals surface area contributed by atoms with Gasteiger partial charge >= 0.3 is 0 Å². The summed E-state index contributed by atoms with van der Waals surface area (Å²) in [6.45, 7) is 2.00. The minimum atomic E-state index is -0.557. The van der Waals surface area contributed by atoms with Crippen molar-refractivity contribution in [1.82, 2.24) is 0 Å². The molecular formula is C13H20ClN3O3. The van der Waals surface area contributed by atoms with Gasteiger partial charge in [-0.25, -0.2) is 0 Å². The van der Waals surface area contributed by atoms with Crippen LogP contribution in [0.4, 0.5) is 5.69 Å². The molecule has 0 aromatic heterocycles. The molecule has 7 heteroatoms. The van der Waals surface area contributed by atoms with Crippen molar-refractivity contribution in [3.8, 4) is 5.75 Å². The molecule has 1 aromatic carbocycles. The lowest BCUT2D eigenvalue weighted by molar-refractivity contribution is -0.119. The fraction of sp³-hybridized carbons (Fsp3) is 0.385. The molecule has 0 spiro atoms. The molecule has 2 amide bonds. The molecule has 0 bridgehead atoms. The van der Waals surface area contributed by atoms with Gasteiger partial charge < -0.3 is 21.5 Å². The average Bonchev–Trinajstić information content (AvgIpc) is 2.39. The molecule has 0 radical (unpaired) electrons. The molecule has 0 fully saturated rings. The number of rotatable bonds is 7. The van der Waals surface area contributed by atoms with E-state index < -0.39 is 11.9 Å². The van der Waals surface area contributed by atoms with Crippen molar-refractivity contribution >= 4 is 29.9 Å². The van der Waals surface area contributed by atoms with Crippen LogP contribution in [0.3, 0.4) is 0 Å². The maximum absolute atomic E-state index is 11.7. The average molecular weight is 302 g/mol. The van der Waals surface area contributed by atoms with E-state index in [1.165, 1.54) is 0 Å². The van der Waals surface area contributed by atoms with Crippen LogP contribution in [-0.4, -0.2) is 24.5 Å². The summed E-state index contributed by atoms with van der Waals surface area (Å²) in [5, 5.41) is 2.69. The van der Waals surface area contributed by atoms with Gasteiger partial charge in [-0.05, 0) is 18.6 Å². The van der Waals surface area contributed by atoms with Gasteiger partial charge in [0.1, 0.15) is 5.75 Å². The van der Waals surface area contributed by atoms with E-state index in [1.807, 2.05) is 6.92 Å². The molecule has 20 heavy (non-hydrogen) atoms. The van der Waals surface area contributed by atoms with Gasteiger partial charge in [0.15, 0.2) is 0 Å². The second kappa shape index (κ2) is 9.17. The highest BCUT2D eigenvalue weighted by Gasteiger charge is 2.13. The first-order valence-corrected chi connectivity index (χ1v) is 6.11. The van der Waals surface area contributed by atoms with Gasteiger partial charge in [-0.2, -0.15) is 0 Å². The van der Waals surface area contributed by atoms with Gasteiger partial charge in [0, 0.05) is 0 Å². The Kier molecular flexibility index (Phi) is 8.35. The van der Waals surface area contributed by atoms with E-state index in [0.717, 1.165) is 0 Å². The minimum Gasteiger partial charge on any atom is -0.491 e. The minimum absolute atomic E-state index is 0. The van der Waals surface area contributed by atoms with E-state index in [1.54, 1.807) is 24.3 Å². The maximum atomic E-state index is 11.7. The van der Waals surface area contributed by atoms with Crippen LogP contribution < -0.4 is 21.5 Å². The first-order chi connectivity index (χ1) is 9.04. The van der Waals surface area contributed by atoms with Crippen LogP contribution in [0.25, 0.3) is 0 Å². The molecule has 0 saturated carbocycles. The number of halogens is 1. The fourth-order valence-corrected chi connectivity index (χ4v) is 1.37. The van der Waals surface area contributed by atoms with Crippen molar-refractivity contribution in [3.63, 3.8) is 0 Å². The molecule has 112 valence electrons. The SMILES string of the molecule is CC[C@H](N)C(=O)Nc1ccccc1OCCC(N)=O.Cl. The van der Waals surface area contributed by atoms with Crippen molar-refractivity contribution in [2.75, 3.05) is 11.9 Å². The zero-order chi connectivity index (χ0) is 14.3. The fourth-order valence-electron chi connectivity index (χ4n) is 1.37. The summed E-state index contributed by atoms with van der Waals surface area (Å²) in [6.07, 6.45) is 0.674. The number of carbonyl (C=O) groups is 2. The Morgan fingerprint density at radius 2 is 2.00 bits per heavy atom. The van der Waals surface area contributed by atoms with Crippen molar-refractivity contribution in [1.29, 1.82) is 0 Å². The molecule has 0 unspecified atom stereocenters. The lowest BCUT2D eigenvalue weighted by Crippen LogP contribution is -2.34. The zero-order valence-corrected chi connectivity index (χ0v) is 12.1. The second-order valence-electron chi connectivity index (χ2n) is 4.06. The largest absolute Gasteiger partial charge is 0.491 e. The number of hydrogen-bond donors (Lipinski definition) is 3. The summed E-state index contributed by atoms with van der Waals surface area (Å²) in [4.78, 5) is 22.3. The molecular weight excluding hydrogens is 282 g/mol. The number of benzene rings is 1. The van der Waals surface area contributed by atoms with Crippen LogP contribution in [0.1, 0.15) is 19.8 Å². The van der Waals surface area contributed by atoms with Gasteiger partial charge in [-0.15, -0.1) is 12.4 Å². The third kappa shape index (κ3) is 5.90. The quantitative estimate of drug-likeness (QED) is 0.699. The molecule has 0 aliphatic heterocycles. The topological polar surface area (TPSA) is 107 Å². The van der Waals surface area contributed by atoms with Crippen LogP contribution >= 0.6 is 12.4 Å². The summed E-state index contributed by atoms with van der Waals surface area (Å²) in [5.74, 6) is -0.219. The van der Waals surface area contributed by atoms with E-state index in [9.17, 15) is 9.59 Å². The number of nitrogens with one attached hydrogen (secondary N) is 1. The van der Waals surface area contributed by atoms with Crippen molar-refractivity contribution < 1.29 is 14.3 Å². The number of ether oxygens (including phenoxy) is 1. The van der Waals surface area contributed by atoms with Gasteiger partial charge in [0.2, 0.25) is 11.8 Å². The highest BCUT2D eigenvalue weighted by molar-refractivity contribution is 5.95.